The van der Waals surface area contributed by atoms with E-state index < -0.39 is 17.1 Å². The van der Waals surface area contributed by atoms with Crippen molar-refractivity contribution in [3.05, 3.63) is 22.6 Å². The summed E-state index contributed by atoms with van der Waals surface area (Å²) < 4.78 is 13.9. The number of nitrogens with one attached hydrogen (secondary N) is 1. The number of halogens is 2. The van der Waals surface area contributed by atoms with Gasteiger partial charge in [0.15, 0.2) is 11.6 Å². The number of primary amides is 1. The molecule has 1 aromatic rings. The van der Waals surface area contributed by atoms with Crippen molar-refractivity contribution in [2.75, 3.05) is 11.9 Å². The molecule has 1 amide bonds. The molecule has 0 aromatic carbocycles. The van der Waals surface area contributed by atoms with E-state index in [2.05, 4.69) is 26.2 Å². The SMILES string of the molecule is CC(C)(CNc1ncc(Br)cc1F)C(N)=O. The summed E-state index contributed by atoms with van der Waals surface area (Å²) in [5.74, 6) is -0.815. The Hall–Kier alpha value is -1.17. The predicted octanol–water partition coefficient (Wildman–Crippen LogP) is 1.91. The maximum Gasteiger partial charge on any atom is 0.224 e. The lowest BCUT2D eigenvalue weighted by molar-refractivity contribution is -0.125. The van der Waals surface area contributed by atoms with Gasteiger partial charge in [0.2, 0.25) is 5.91 Å². The fraction of sp³-hybridized carbons (Fsp3) is 0.400. The monoisotopic (exact) mass is 289 g/mol. The first-order valence-corrected chi connectivity index (χ1v) is 5.47. The third-order valence-electron chi connectivity index (χ3n) is 2.17. The molecule has 1 heterocycles. The molecule has 0 fully saturated rings. The van der Waals surface area contributed by atoms with Gasteiger partial charge < -0.3 is 11.1 Å². The molecule has 1 aromatic heterocycles. The van der Waals surface area contributed by atoms with Gasteiger partial charge in [-0.2, -0.15) is 0 Å². The zero-order valence-corrected chi connectivity index (χ0v) is 10.6. The number of amides is 1. The van der Waals surface area contributed by atoms with Crippen LogP contribution in [-0.4, -0.2) is 17.4 Å². The highest BCUT2D eigenvalue weighted by atomic mass is 79.9. The highest BCUT2D eigenvalue weighted by Crippen LogP contribution is 2.19. The van der Waals surface area contributed by atoms with E-state index >= 15 is 0 Å². The average Bonchev–Trinajstić information content (AvgIpc) is 2.16. The largest absolute Gasteiger partial charge is 0.369 e. The smallest absolute Gasteiger partial charge is 0.224 e. The van der Waals surface area contributed by atoms with E-state index in [4.69, 9.17) is 5.73 Å². The van der Waals surface area contributed by atoms with Crippen LogP contribution >= 0.6 is 15.9 Å². The second-order valence-corrected chi connectivity index (χ2v) is 5.00. The number of pyridine rings is 1. The number of hydrogen-bond donors (Lipinski definition) is 2. The summed E-state index contributed by atoms with van der Waals surface area (Å²) in [5.41, 5.74) is 4.45. The van der Waals surface area contributed by atoms with E-state index in [1.165, 1.54) is 12.3 Å². The second kappa shape index (κ2) is 4.78. The van der Waals surface area contributed by atoms with E-state index in [1.54, 1.807) is 13.8 Å². The van der Waals surface area contributed by atoms with Crippen LogP contribution in [0.25, 0.3) is 0 Å². The van der Waals surface area contributed by atoms with Crippen LogP contribution in [0.1, 0.15) is 13.8 Å². The van der Waals surface area contributed by atoms with Crippen molar-refractivity contribution >= 4 is 27.7 Å². The number of carbonyl (C=O) groups excluding carboxylic acids is 1. The van der Waals surface area contributed by atoms with Crippen LogP contribution in [-0.2, 0) is 4.79 Å². The molecule has 0 aliphatic rings. The first-order valence-electron chi connectivity index (χ1n) is 4.68. The van der Waals surface area contributed by atoms with Gasteiger partial charge in [0, 0.05) is 17.2 Å². The zero-order chi connectivity index (χ0) is 12.3. The Bertz CT molecular complexity index is 409. The number of nitrogens with zero attached hydrogens (tertiary/aromatic N) is 1. The molecule has 0 saturated carbocycles. The third-order valence-corrected chi connectivity index (χ3v) is 2.61. The fourth-order valence-corrected chi connectivity index (χ4v) is 1.24. The normalized spacial score (nSPS) is 11.2. The Labute approximate surface area is 102 Å². The molecule has 0 unspecified atom stereocenters. The number of aromatic nitrogens is 1. The number of carbonyl (C=O) groups is 1. The number of anilines is 1. The zero-order valence-electron chi connectivity index (χ0n) is 9.05. The number of rotatable bonds is 4. The second-order valence-electron chi connectivity index (χ2n) is 4.09. The molecule has 4 nitrogen and oxygen atoms in total. The van der Waals surface area contributed by atoms with Gasteiger partial charge in [0.25, 0.3) is 0 Å². The van der Waals surface area contributed by atoms with Gasteiger partial charge in [-0.1, -0.05) is 0 Å². The Kier molecular flexibility index (Phi) is 3.85. The van der Waals surface area contributed by atoms with Crippen molar-refractivity contribution in [2.45, 2.75) is 13.8 Å². The Morgan fingerprint density at radius 3 is 2.81 bits per heavy atom. The summed E-state index contributed by atoms with van der Waals surface area (Å²) in [6.45, 7) is 3.59. The molecule has 0 aliphatic heterocycles. The third kappa shape index (κ3) is 3.16. The first-order chi connectivity index (χ1) is 7.33. The molecular weight excluding hydrogens is 277 g/mol. The van der Waals surface area contributed by atoms with Gasteiger partial charge in [0.05, 0.1) is 5.41 Å². The van der Waals surface area contributed by atoms with Crippen molar-refractivity contribution in [3.63, 3.8) is 0 Å². The first kappa shape index (κ1) is 12.9. The van der Waals surface area contributed by atoms with Crippen LogP contribution in [0.3, 0.4) is 0 Å². The van der Waals surface area contributed by atoms with E-state index in [0.29, 0.717) is 4.47 Å². The standard InChI is InChI=1S/C10H13BrFN3O/c1-10(2,9(13)16)5-15-8-7(12)3-6(11)4-14-8/h3-4H,5H2,1-2H3,(H2,13,16)(H,14,15). The van der Waals surface area contributed by atoms with Crippen molar-refractivity contribution in [1.82, 2.24) is 4.98 Å². The van der Waals surface area contributed by atoms with Crippen molar-refractivity contribution < 1.29 is 9.18 Å². The van der Waals surface area contributed by atoms with Crippen LogP contribution in [0.2, 0.25) is 0 Å². The lowest BCUT2D eigenvalue weighted by Gasteiger charge is -2.21. The topological polar surface area (TPSA) is 68.0 Å². The van der Waals surface area contributed by atoms with Gasteiger partial charge >= 0.3 is 0 Å². The summed E-state index contributed by atoms with van der Waals surface area (Å²) >= 11 is 3.11. The molecule has 1 rings (SSSR count). The maximum absolute atomic E-state index is 13.4. The van der Waals surface area contributed by atoms with E-state index in [0.717, 1.165) is 0 Å². The van der Waals surface area contributed by atoms with E-state index in [9.17, 15) is 9.18 Å². The Balaban J connectivity index is 2.72. The Morgan fingerprint density at radius 2 is 2.31 bits per heavy atom. The molecule has 0 bridgehead atoms. The number of nitrogens with two attached hydrogens (primary N) is 1. The van der Waals surface area contributed by atoms with Gasteiger partial charge in [0.1, 0.15) is 0 Å². The highest BCUT2D eigenvalue weighted by Gasteiger charge is 2.25. The highest BCUT2D eigenvalue weighted by molar-refractivity contribution is 9.10. The minimum atomic E-state index is -0.749. The average molecular weight is 290 g/mol. The van der Waals surface area contributed by atoms with Crippen LogP contribution < -0.4 is 11.1 Å². The molecule has 3 N–H and O–H groups in total. The summed E-state index contributed by atoms with van der Waals surface area (Å²) in [6, 6.07) is 1.30. The molecule has 6 heteroatoms. The molecule has 0 radical (unpaired) electrons. The number of hydrogen-bond acceptors (Lipinski definition) is 3. The molecule has 88 valence electrons. The minimum Gasteiger partial charge on any atom is -0.369 e. The molecule has 0 saturated heterocycles. The summed E-state index contributed by atoms with van der Waals surface area (Å²) in [6.07, 6.45) is 1.47. The van der Waals surface area contributed by atoms with Crippen molar-refractivity contribution in [1.29, 1.82) is 0 Å². The molecule has 0 spiro atoms. The summed E-state index contributed by atoms with van der Waals surface area (Å²) in [4.78, 5) is 14.9. The predicted molar refractivity (Wildman–Crippen MR) is 63.4 cm³/mol. The lowest BCUT2D eigenvalue weighted by atomic mass is 9.93. The van der Waals surface area contributed by atoms with Gasteiger partial charge in [-0.05, 0) is 35.8 Å². The molecule has 0 aliphatic carbocycles. The van der Waals surface area contributed by atoms with E-state index in [-0.39, 0.29) is 12.4 Å². The van der Waals surface area contributed by atoms with Crippen LogP contribution in [0, 0.1) is 11.2 Å². The van der Waals surface area contributed by atoms with Crippen LogP contribution in [0.4, 0.5) is 10.2 Å². The Morgan fingerprint density at radius 1 is 1.69 bits per heavy atom. The maximum atomic E-state index is 13.4. The lowest BCUT2D eigenvalue weighted by Crippen LogP contribution is -2.37. The van der Waals surface area contributed by atoms with Crippen molar-refractivity contribution in [2.24, 2.45) is 11.1 Å². The quantitative estimate of drug-likeness (QED) is 0.890. The fourth-order valence-electron chi connectivity index (χ4n) is 0.936. The summed E-state index contributed by atoms with van der Waals surface area (Å²) in [7, 11) is 0. The summed E-state index contributed by atoms with van der Waals surface area (Å²) in [5, 5.41) is 2.75. The van der Waals surface area contributed by atoms with Crippen molar-refractivity contribution in [3.8, 4) is 0 Å². The molecule has 0 atom stereocenters. The van der Waals surface area contributed by atoms with Crippen LogP contribution in [0.15, 0.2) is 16.7 Å². The molecular formula is C10H13BrFN3O. The van der Waals surface area contributed by atoms with E-state index in [1.807, 2.05) is 0 Å². The van der Waals surface area contributed by atoms with Gasteiger partial charge in [-0.15, -0.1) is 0 Å². The minimum absolute atomic E-state index is 0.109. The van der Waals surface area contributed by atoms with Gasteiger partial charge in [-0.25, -0.2) is 9.37 Å². The molecule has 16 heavy (non-hydrogen) atoms. The van der Waals surface area contributed by atoms with Crippen LogP contribution in [0.5, 0.6) is 0 Å². The van der Waals surface area contributed by atoms with Gasteiger partial charge in [-0.3, -0.25) is 4.79 Å².